The number of nitrogens with one attached hydrogen (secondary N) is 1. The van der Waals surface area contributed by atoms with Crippen molar-refractivity contribution in [2.75, 3.05) is 7.11 Å². The molecule has 0 unspecified atom stereocenters. The summed E-state index contributed by atoms with van der Waals surface area (Å²) in [7, 11) is 1.35. The van der Waals surface area contributed by atoms with Gasteiger partial charge in [0.1, 0.15) is 5.70 Å². The van der Waals surface area contributed by atoms with Crippen molar-refractivity contribution in [1.29, 1.82) is 0 Å². The van der Waals surface area contributed by atoms with E-state index in [1.54, 1.807) is 5.32 Å². The van der Waals surface area contributed by atoms with Crippen molar-refractivity contribution in [3.63, 3.8) is 0 Å². The van der Waals surface area contributed by atoms with E-state index in [2.05, 4.69) is 0 Å². The minimum Gasteiger partial charge on any atom is -0.493 e. The summed E-state index contributed by atoms with van der Waals surface area (Å²) in [6, 6.07) is 4.27. The van der Waals surface area contributed by atoms with Crippen LogP contribution < -0.4 is 14.8 Å². The van der Waals surface area contributed by atoms with Gasteiger partial charge in [0, 0.05) is 6.92 Å². The van der Waals surface area contributed by atoms with E-state index >= 15 is 0 Å². The smallest absolute Gasteiger partial charge is 0.409 e. The number of ether oxygens (including phenoxy) is 2. The molecule has 8 heteroatoms. The van der Waals surface area contributed by atoms with Crippen molar-refractivity contribution in [1.82, 2.24) is 5.32 Å². The highest BCUT2D eigenvalue weighted by atomic mass is 16.6. The molecule has 0 saturated carbocycles. The molecule has 0 saturated heterocycles. The van der Waals surface area contributed by atoms with Crippen LogP contribution in [0.25, 0.3) is 6.08 Å². The lowest BCUT2D eigenvalue weighted by atomic mass is 10.1. The number of carboxylic acid groups (broad SMARTS) is 2. The lowest BCUT2D eigenvalue weighted by Crippen LogP contribution is -2.25. The Morgan fingerprint density at radius 1 is 1.19 bits per heavy atom. The third kappa shape index (κ3) is 4.86. The summed E-state index contributed by atoms with van der Waals surface area (Å²) in [5, 5.41) is 19.2. The van der Waals surface area contributed by atoms with Crippen LogP contribution >= 0.6 is 0 Å². The van der Waals surface area contributed by atoms with Crippen LogP contribution in [0.3, 0.4) is 0 Å². The zero-order valence-corrected chi connectivity index (χ0v) is 11.2. The molecule has 1 rings (SSSR count). The van der Waals surface area contributed by atoms with Crippen LogP contribution in [0, 0.1) is 0 Å². The molecule has 3 N–H and O–H groups in total. The van der Waals surface area contributed by atoms with Crippen molar-refractivity contribution in [2.24, 2.45) is 0 Å². The molecule has 1 aromatic carbocycles. The van der Waals surface area contributed by atoms with Gasteiger partial charge in [-0.2, -0.15) is 0 Å². The van der Waals surface area contributed by atoms with E-state index in [1.165, 1.54) is 32.2 Å². The quantitative estimate of drug-likeness (QED) is 0.425. The van der Waals surface area contributed by atoms with Crippen LogP contribution in [0.1, 0.15) is 12.5 Å². The maximum atomic E-state index is 10.9. The van der Waals surface area contributed by atoms with Crippen LogP contribution in [0.5, 0.6) is 11.5 Å². The van der Waals surface area contributed by atoms with Gasteiger partial charge in [-0.05, 0) is 23.8 Å². The summed E-state index contributed by atoms with van der Waals surface area (Å²) < 4.78 is 9.92. The van der Waals surface area contributed by atoms with E-state index in [0.717, 1.165) is 6.08 Å². The van der Waals surface area contributed by atoms with Gasteiger partial charge in [-0.15, -0.1) is 0 Å². The number of rotatable bonds is 5. The first kappa shape index (κ1) is 16.0. The fourth-order valence-corrected chi connectivity index (χ4v) is 1.45. The van der Waals surface area contributed by atoms with E-state index in [1.807, 2.05) is 0 Å². The second-order valence-corrected chi connectivity index (χ2v) is 3.80. The summed E-state index contributed by atoms with van der Waals surface area (Å²) in [5.41, 5.74) is -0.168. The Morgan fingerprint density at radius 2 is 1.86 bits per heavy atom. The average Bonchev–Trinajstić information content (AvgIpc) is 2.38. The normalized spacial score (nSPS) is 10.7. The molecular formula is C13H13NO7. The highest BCUT2D eigenvalue weighted by Gasteiger charge is 2.12. The summed E-state index contributed by atoms with van der Waals surface area (Å²) >= 11 is 0. The van der Waals surface area contributed by atoms with Gasteiger partial charge in [-0.3, -0.25) is 10.1 Å². The Bertz CT molecular complexity index is 607. The first-order valence-electron chi connectivity index (χ1n) is 5.65. The Hall–Kier alpha value is -3.03. The molecule has 0 atom stereocenters. The first-order valence-corrected chi connectivity index (χ1v) is 5.65. The Balaban J connectivity index is 3.15. The number of aliphatic carboxylic acids is 1. The lowest BCUT2D eigenvalue weighted by molar-refractivity contribution is -0.133. The number of carbonyl (C=O) groups is 3. The minimum atomic E-state index is -1.49. The van der Waals surface area contributed by atoms with Crippen LogP contribution in [0.15, 0.2) is 23.9 Å². The predicted octanol–water partition coefficient (Wildman–Crippen LogP) is 1.31. The standard InChI is InChI=1S/C13H13NO7/c1-7(15)21-10-4-3-8(6-11(10)20-2)5-9(12(16)17)14-13(18)19/h3-6,14H,1-2H3,(H,16,17)(H,18,19)/b9-5+. The zero-order valence-electron chi connectivity index (χ0n) is 11.2. The van der Waals surface area contributed by atoms with E-state index in [9.17, 15) is 14.4 Å². The lowest BCUT2D eigenvalue weighted by Gasteiger charge is -2.09. The van der Waals surface area contributed by atoms with Gasteiger partial charge in [0.05, 0.1) is 7.11 Å². The number of benzene rings is 1. The molecule has 0 aromatic heterocycles. The molecule has 1 aromatic rings. The largest absolute Gasteiger partial charge is 0.493 e. The molecule has 21 heavy (non-hydrogen) atoms. The van der Waals surface area contributed by atoms with E-state index in [-0.39, 0.29) is 11.5 Å². The van der Waals surface area contributed by atoms with Crippen molar-refractivity contribution in [2.45, 2.75) is 6.92 Å². The van der Waals surface area contributed by atoms with Gasteiger partial charge in [0.15, 0.2) is 11.5 Å². The number of esters is 1. The minimum absolute atomic E-state index is 0.171. The monoisotopic (exact) mass is 295 g/mol. The molecule has 0 radical (unpaired) electrons. The third-order valence-electron chi connectivity index (χ3n) is 2.22. The maximum Gasteiger partial charge on any atom is 0.409 e. The number of hydrogen-bond donors (Lipinski definition) is 3. The highest BCUT2D eigenvalue weighted by molar-refractivity contribution is 5.95. The molecule has 0 aliphatic rings. The molecule has 0 spiro atoms. The first-order chi connectivity index (χ1) is 9.83. The van der Waals surface area contributed by atoms with Gasteiger partial charge in [0.25, 0.3) is 0 Å². The summed E-state index contributed by atoms with van der Waals surface area (Å²) in [6.07, 6.45) is -0.386. The molecule has 112 valence electrons. The third-order valence-corrected chi connectivity index (χ3v) is 2.22. The molecule has 0 aliphatic carbocycles. The molecule has 8 nitrogen and oxygen atoms in total. The SMILES string of the molecule is COc1cc(/C=C(/NC(=O)O)C(=O)O)ccc1OC(C)=O. The number of hydrogen-bond acceptors (Lipinski definition) is 5. The molecule has 0 bridgehead atoms. The van der Waals surface area contributed by atoms with Crippen LogP contribution in [-0.4, -0.2) is 35.4 Å². The Labute approximate surface area is 119 Å². The molecule has 0 aliphatic heterocycles. The topological polar surface area (TPSA) is 122 Å². The van der Waals surface area contributed by atoms with Gasteiger partial charge in [0.2, 0.25) is 0 Å². The molecule has 0 fully saturated rings. The predicted molar refractivity (Wildman–Crippen MR) is 71.1 cm³/mol. The van der Waals surface area contributed by atoms with Crippen LogP contribution in [0.4, 0.5) is 4.79 Å². The van der Waals surface area contributed by atoms with Gasteiger partial charge in [-0.25, -0.2) is 9.59 Å². The zero-order chi connectivity index (χ0) is 16.0. The van der Waals surface area contributed by atoms with Gasteiger partial charge >= 0.3 is 18.0 Å². The number of carboxylic acids is 1. The number of carbonyl (C=O) groups excluding carboxylic acids is 1. The summed E-state index contributed by atoms with van der Waals surface area (Å²) in [6.45, 7) is 1.23. The fraction of sp³-hybridized carbons (Fsp3) is 0.154. The second kappa shape index (κ2) is 6.94. The van der Waals surface area contributed by atoms with E-state index < -0.39 is 23.7 Å². The average molecular weight is 295 g/mol. The van der Waals surface area contributed by atoms with Crippen molar-refractivity contribution < 1.29 is 34.1 Å². The van der Waals surface area contributed by atoms with Crippen LogP contribution in [0.2, 0.25) is 0 Å². The Morgan fingerprint density at radius 3 is 2.33 bits per heavy atom. The fourth-order valence-electron chi connectivity index (χ4n) is 1.45. The number of methoxy groups -OCH3 is 1. The van der Waals surface area contributed by atoms with E-state index in [4.69, 9.17) is 19.7 Å². The maximum absolute atomic E-state index is 10.9. The van der Waals surface area contributed by atoms with Crippen molar-refractivity contribution >= 4 is 24.1 Å². The van der Waals surface area contributed by atoms with Crippen LogP contribution in [-0.2, 0) is 9.59 Å². The Kier molecular flexibility index (Phi) is 5.30. The molecular weight excluding hydrogens is 282 g/mol. The molecule has 1 amide bonds. The summed E-state index contributed by atoms with van der Waals surface area (Å²) in [4.78, 5) is 32.3. The van der Waals surface area contributed by atoms with Crippen molar-refractivity contribution in [3.8, 4) is 11.5 Å². The summed E-state index contributed by atoms with van der Waals surface area (Å²) in [5.74, 6) is -1.58. The molecule has 0 heterocycles. The van der Waals surface area contributed by atoms with E-state index in [0.29, 0.717) is 5.56 Å². The second-order valence-electron chi connectivity index (χ2n) is 3.80. The number of amides is 1. The highest BCUT2D eigenvalue weighted by Crippen LogP contribution is 2.28. The van der Waals surface area contributed by atoms with Gasteiger partial charge < -0.3 is 19.7 Å². The van der Waals surface area contributed by atoms with Crippen molar-refractivity contribution in [3.05, 3.63) is 29.5 Å². The van der Waals surface area contributed by atoms with Gasteiger partial charge in [-0.1, -0.05) is 6.07 Å².